The SMILES string of the molecule is Nc1ccc(OCCOCCNC(=O)OCC2c3ccccc3-c3ccccc32)cc1. The third kappa shape index (κ3) is 5.16. The van der Waals surface area contributed by atoms with E-state index in [9.17, 15) is 4.79 Å². The summed E-state index contributed by atoms with van der Waals surface area (Å²) in [6, 6.07) is 23.7. The van der Waals surface area contributed by atoms with Gasteiger partial charge in [0.25, 0.3) is 0 Å². The van der Waals surface area contributed by atoms with Crippen LogP contribution in [0.1, 0.15) is 17.0 Å². The van der Waals surface area contributed by atoms with Gasteiger partial charge in [-0.3, -0.25) is 0 Å². The van der Waals surface area contributed by atoms with E-state index >= 15 is 0 Å². The molecule has 0 heterocycles. The average molecular weight is 418 g/mol. The van der Waals surface area contributed by atoms with Gasteiger partial charge in [-0.2, -0.15) is 0 Å². The maximum Gasteiger partial charge on any atom is 0.407 e. The minimum atomic E-state index is -0.441. The van der Waals surface area contributed by atoms with Crippen LogP contribution in [0.2, 0.25) is 0 Å². The standard InChI is InChI=1S/C25H26N2O4/c26-18-9-11-19(12-10-18)30-16-15-29-14-13-27-25(28)31-17-24-22-7-3-1-5-20(22)21-6-2-4-8-23(21)24/h1-12,24H,13-17,26H2,(H,27,28). The second-order valence-corrected chi connectivity index (χ2v) is 7.28. The molecule has 6 heteroatoms. The lowest BCUT2D eigenvalue weighted by Gasteiger charge is -2.14. The summed E-state index contributed by atoms with van der Waals surface area (Å²) >= 11 is 0. The number of carbonyl (C=O) groups is 1. The summed E-state index contributed by atoms with van der Waals surface area (Å²) < 4.78 is 16.5. The lowest BCUT2D eigenvalue weighted by molar-refractivity contribution is 0.0972. The third-order valence-electron chi connectivity index (χ3n) is 5.24. The van der Waals surface area contributed by atoms with Gasteiger partial charge in [-0.25, -0.2) is 4.79 Å². The highest BCUT2D eigenvalue weighted by Crippen LogP contribution is 2.44. The van der Waals surface area contributed by atoms with Gasteiger partial charge in [0.1, 0.15) is 19.0 Å². The molecule has 3 aromatic rings. The summed E-state index contributed by atoms with van der Waals surface area (Å²) in [4.78, 5) is 12.1. The Morgan fingerprint density at radius 3 is 2.16 bits per heavy atom. The predicted molar refractivity (Wildman–Crippen MR) is 120 cm³/mol. The molecule has 0 saturated heterocycles. The molecule has 31 heavy (non-hydrogen) atoms. The van der Waals surface area contributed by atoms with Crippen LogP contribution in [0.15, 0.2) is 72.8 Å². The van der Waals surface area contributed by atoms with E-state index in [0.717, 1.165) is 5.75 Å². The van der Waals surface area contributed by atoms with Gasteiger partial charge in [-0.15, -0.1) is 0 Å². The second kappa shape index (κ2) is 10.00. The molecule has 0 unspecified atom stereocenters. The van der Waals surface area contributed by atoms with Crippen molar-refractivity contribution in [1.82, 2.24) is 5.32 Å². The Balaban J connectivity index is 1.15. The average Bonchev–Trinajstić information content (AvgIpc) is 3.12. The molecule has 0 spiro atoms. The van der Waals surface area contributed by atoms with Crippen molar-refractivity contribution in [3.05, 3.63) is 83.9 Å². The number of hydrogen-bond donors (Lipinski definition) is 2. The number of rotatable bonds is 9. The van der Waals surface area contributed by atoms with E-state index in [1.807, 2.05) is 36.4 Å². The third-order valence-corrected chi connectivity index (χ3v) is 5.24. The van der Waals surface area contributed by atoms with Crippen LogP contribution in [-0.4, -0.2) is 39.1 Å². The van der Waals surface area contributed by atoms with Gasteiger partial charge in [-0.1, -0.05) is 48.5 Å². The van der Waals surface area contributed by atoms with E-state index in [-0.39, 0.29) is 5.92 Å². The highest BCUT2D eigenvalue weighted by atomic mass is 16.6. The molecule has 3 N–H and O–H groups in total. The van der Waals surface area contributed by atoms with Gasteiger partial charge >= 0.3 is 6.09 Å². The van der Waals surface area contributed by atoms with Crippen LogP contribution in [0.5, 0.6) is 5.75 Å². The first kappa shape index (κ1) is 20.8. The van der Waals surface area contributed by atoms with Gasteiger partial charge in [0.2, 0.25) is 0 Å². The summed E-state index contributed by atoms with van der Waals surface area (Å²) in [6.45, 7) is 1.91. The number of benzene rings is 3. The number of carbonyl (C=O) groups excluding carboxylic acids is 1. The maximum atomic E-state index is 12.1. The van der Waals surface area contributed by atoms with E-state index in [4.69, 9.17) is 19.9 Å². The molecule has 0 saturated carbocycles. The molecular formula is C25H26N2O4. The van der Waals surface area contributed by atoms with E-state index in [1.54, 1.807) is 12.1 Å². The quantitative estimate of drug-likeness (QED) is 0.402. The number of fused-ring (bicyclic) bond motifs is 3. The van der Waals surface area contributed by atoms with Crippen LogP contribution in [0.4, 0.5) is 10.5 Å². The number of nitrogens with two attached hydrogens (primary N) is 1. The van der Waals surface area contributed by atoms with Crippen LogP contribution in [0.3, 0.4) is 0 Å². The number of alkyl carbamates (subject to hydrolysis) is 1. The minimum absolute atomic E-state index is 0.0554. The van der Waals surface area contributed by atoms with Crippen molar-refractivity contribution in [2.24, 2.45) is 0 Å². The van der Waals surface area contributed by atoms with Crippen LogP contribution in [-0.2, 0) is 9.47 Å². The Kier molecular flexibility index (Phi) is 6.69. The van der Waals surface area contributed by atoms with Crippen LogP contribution >= 0.6 is 0 Å². The van der Waals surface area contributed by atoms with Gasteiger partial charge in [0, 0.05) is 18.2 Å². The largest absolute Gasteiger partial charge is 0.491 e. The summed E-state index contributed by atoms with van der Waals surface area (Å²) in [5, 5.41) is 2.73. The Hall–Kier alpha value is -3.51. The first-order chi connectivity index (χ1) is 15.2. The van der Waals surface area contributed by atoms with E-state index in [1.165, 1.54) is 22.3 Å². The number of hydrogen-bond acceptors (Lipinski definition) is 5. The number of nitrogen functional groups attached to an aromatic ring is 1. The molecule has 1 amide bonds. The van der Waals surface area contributed by atoms with Crippen molar-refractivity contribution >= 4 is 11.8 Å². The smallest absolute Gasteiger partial charge is 0.407 e. The molecule has 1 aliphatic carbocycles. The van der Waals surface area contributed by atoms with E-state index < -0.39 is 6.09 Å². The molecule has 6 nitrogen and oxygen atoms in total. The fraction of sp³-hybridized carbons (Fsp3) is 0.240. The molecule has 1 aliphatic rings. The van der Waals surface area contributed by atoms with Crippen LogP contribution in [0, 0.1) is 0 Å². The summed E-state index contributed by atoms with van der Waals surface area (Å²) in [6.07, 6.45) is -0.441. The highest BCUT2D eigenvalue weighted by Gasteiger charge is 2.28. The number of anilines is 1. The van der Waals surface area contributed by atoms with Crippen molar-refractivity contribution in [2.75, 3.05) is 38.7 Å². The fourth-order valence-corrected chi connectivity index (χ4v) is 3.76. The lowest BCUT2D eigenvalue weighted by Crippen LogP contribution is -2.29. The van der Waals surface area contributed by atoms with Crippen LogP contribution in [0.25, 0.3) is 11.1 Å². The van der Waals surface area contributed by atoms with Crippen molar-refractivity contribution in [2.45, 2.75) is 5.92 Å². The first-order valence-electron chi connectivity index (χ1n) is 10.4. The Labute approximate surface area is 181 Å². The molecule has 0 radical (unpaired) electrons. The van der Waals surface area contributed by atoms with E-state index in [0.29, 0.717) is 38.7 Å². The van der Waals surface area contributed by atoms with Crippen molar-refractivity contribution in [1.29, 1.82) is 0 Å². The summed E-state index contributed by atoms with van der Waals surface area (Å²) in [5.74, 6) is 0.800. The molecule has 3 aromatic carbocycles. The van der Waals surface area contributed by atoms with Crippen LogP contribution < -0.4 is 15.8 Å². The Morgan fingerprint density at radius 1 is 0.839 bits per heavy atom. The number of nitrogens with one attached hydrogen (secondary N) is 1. The maximum absolute atomic E-state index is 12.1. The first-order valence-corrected chi connectivity index (χ1v) is 10.4. The van der Waals surface area contributed by atoms with Gasteiger partial charge in [0.15, 0.2) is 0 Å². The Morgan fingerprint density at radius 2 is 1.48 bits per heavy atom. The summed E-state index contributed by atoms with van der Waals surface area (Å²) in [7, 11) is 0. The zero-order chi connectivity index (χ0) is 21.5. The van der Waals surface area contributed by atoms with Gasteiger partial charge < -0.3 is 25.3 Å². The van der Waals surface area contributed by atoms with Crippen molar-refractivity contribution < 1.29 is 19.0 Å². The molecule has 0 bridgehead atoms. The zero-order valence-corrected chi connectivity index (χ0v) is 17.3. The topological polar surface area (TPSA) is 82.8 Å². The monoisotopic (exact) mass is 418 g/mol. The lowest BCUT2D eigenvalue weighted by atomic mass is 9.98. The van der Waals surface area contributed by atoms with E-state index in [2.05, 4.69) is 29.6 Å². The van der Waals surface area contributed by atoms with Crippen molar-refractivity contribution in [3.63, 3.8) is 0 Å². The number of amides is 1. The molecule has 160 valence electrons. The fourth-order valence-electron chi connectivity index (χ4n) is 3.76. The Bertz CT molecular complexity index is 975. The minimum Gasteiger partial charge on any atom is -0.491 e. The molecule has 0 atom stereocenters. The molecule has 4 rings (SSSR count). The normalized spacial score (nSPS) is 12.1. The molecular weight excluding hydrogens is 392 g/mol. The van der Waals surface area contributed by atoms with Gasteiger partial charge in [0.05, 0.1) is 13.2 Å². The number of ether oxygens (including phenoxy) is 3. The second-order valence-electron chi connectivity index (χ2n) is 7.28. The molecule has 0 aliphatic heterocycles. The predicted octanol–water partition coefficient (Wildman–Crippen LogP) is 4.20. The van der Waals surface area contributed by atoms with Gasteiger partial charge in [-0.05, 0) is 46.5 Å². The molecule has 0 fully saturated rings. The summed E-state index contributed by atoms with van der Waals surface area (Å²) in [5.41, 5.74) is 11.1. The zero-order valence-electron chi connectivity index (χ0n) is 17.3. The molecule has 0 aromatic heterocycles. The van der Waals surface area contributed by atoms with Crippen molar-refractivity contribution in [3.8, 4) is 16.9 Å². The highest BCUT2D eigenvalue weighted by molar-refractivity contribution is 5.79.